The number of Topliss-reactive ketones (excluding diaryl/α,β-unsaturated/α-hetero) is 1. The average molecular weight is 304 g/mol. The van der Waals surface area contributed by atoms with Gasteiger partial charge >= 0.3 is 0 Å². The van der Waals surface area contributed by atoms with Crippen LogP contribution in [0.2, 0.25) is 0 Å². The van der Waals surface area contributed by atoms with Crippen LogP contribution in [0.4, 0.5) is 0 Å². The Kier molecular flexibility index (Phi) is 3.57. The van der Waals surface area contributed by atoms with Crippen molar-refractivity contribution in [1.82, 2.24) is 19.8 Å². The lowest BCUT2D eigenvalue weighted by Gasteiger charge is -1.97. The van der Waals surface area contributed by atoms with Crippen molar-refractivity contribution in [2.45, 2.75) is 4.34 Å². The third kappa shape index (κ3) is 2.61. The first-order valence-corrected chi connectivity index (χ1v) is 7.47. The van der Waals surface area contributed by atoms with Crippen LogP contribution in [-0.4, -0.2) is 31.3 Å². The zero-order valence-corrected chi connectivity index (χ0v) is 11.7. The summed E-state index contributed by atoms with van der Waals surface area (Å²) in [5.41, 5.74) is 0.338. The smallest absolute Gasteiger partial charge is 0.293 e. The number of hydrogen-bond acceptors (Lipinski definition) is 7. The monoisotopic (exact) mass is 304 g/mol. The second-order valence-electron chi connectivity index (χ2n) is 3.82. The van der Waals surface area contributed by atoms with Crippen LogP contribution in [0.5, 0.6) is 0 Å². The van der Waals surface area contributed by atoms with Gasteiger partial charge in [-0.15, -0.1) is 10.2 Å². The summed E-state index contributed by atoms with van der Waals surface area (Å²) >= 11 is 2.53. The first-order valence-electron chi connectivity index (χ1n) is 5.66. The topological polar surface area (TPSA) is 77.2 Å². The van der Waals surface area contributed by atoms with Gasteiger partial charge in [0.1, 0.15) is 6.20 Å². The van der Waals surface area contributed by atoms with E-state index < -0.39 is 0 Å². The number of fused-ring (bicyclic) bond motifs is 1. The van der Waals surface area contributed by atoms with E-state index in [1.165, 1.54) is 27.6 Å². The van der Waals surface area contributed by atoms with E-state index in [0.29, 0.717) is 14.9 Å². The summed E-state index contributed by atoms with van der Waals surface area (Å²) in [5.74, 6) is 0.291. The number of rotatable bonds is 4. The number of hydrogen-bond donors (Lipinski definition) is 0. The molecule has 8 heteroatoms. The highest BCUT2D eigenvalue weighted by Crippen LogP contribution is 2.23. The summed E-state index contributed by atoms with van der Waals surface area (Å²) < 4.78 is 1.80. The fourth-order valence-corrected chi connectivity index (χ4v) is 3.33. The van der Waals surface area contributed by atoms with Crippen LogP contribution in [0.25, 0.3) is 4.96 Å². The number of ketones is 1. The lowest BCUT2D eigenvalue weighted by atomic mass is 10.2. The average Bonchev–Trinajstić information content (AvgIpc) is 2.90. The van der Waals surface area contributed by atoms with Crippen LogP contribution in [0, 0.1) is 0 Å². The van der Waals surface area contributed by atoms with Gasteiger partial charge in [-0.25, -0.2) is 0 Å². The number of benzene rings is 1. The van der Waals surface area contributed by atoms with Crippen molar-refractivity contribution in [2.24, 2.45) is 0 Å². The summed E-state index contributed by atoms with van der Waals surface area (Å²) in [6.45, 7) is 0. The highest BCUT2D eigenvalue weighted by Gasteiger charge is 2.11. The second kappa shape index (κ2) is 5.51. The Hall–Kier alpha value is -2.06. The van der Waals surface area contributed by atoms with Crippen LogP contribution in [-0.2, 0) is 0 Å². The zero-order valence-electron chi connectivity index (χ0n) is 10.1. The van der Waals surface area contributed by atoms with Crippen molar-refractivity contribution in [3.8, 4) is 0 Å². The minimum atomic E-state index is -0.326. The van der Waals surface area contributed by atoms with E-state index in [1.807, 2.05) is 18.2 Å². The Morgan fingerprint density at radius 2 is 2.10 bits per heavy atom. The van der Waals surface area contributed by atoms with Crippen LogP contribution >= 0.6 is 23.1 Å². The third-order valence-corrected chi connectivity index (χ3v) is 4.52. The molecule has 0 saturated carbocycles. The summed E-state index contributed by atoms with van der Waals surface area (Å²) in [5, 5.41) is 11.5. The van der Waals surface area contributed by atoms with Crippen LogP contribution < -0.4 is 5.56 Å². The summed E-state index contributed by atoms with van der Waals surface area (Å²) in [6, 6.07) is 9.06. The van der Waals surface area contributed by atoms with Crippen molar-refractivity contribution in [2.75, 3.05) is 5.75 Å². The summed E-state index contributed by atoms with van der Waals surface area (Å²) in [6.07, 6.45) is 1.11. The molecular formula is C12H8N4O2S2. The Balaban J connectivity index is 1.76. The molecule has 3 aromatic rings. The normalized spacial score (nSPS) is 10.8. The largest absolute Gasteiger partial charge is 0.293 e. The molecule has 0 aliphatic carbocycles. The van der Waals surface area contributed by atoms with E-state index in [0.717, 1.165) is 6.20 Å². The summed E-state index contributed by atoms with van der Waals surface area (Å²) in [7, 11) is 0. The van der Waals surface area contributed by atoms with Gasteiger partial charge in [-0.3, -0.25) is 9.59 Å². The highest BCUT2D eigenvalue weighted by molar-refractivity contribution is 8.01. The quantitative estimate of drug-likeness (QED) is 0.537. The van der Waals surface area contributed by atoms with E-state index in [-0.39, 0.29) is 17.1 Å². The van der Waals surface area contributed by atoms with Gasteiger partial charge in [-0.2, -0.15) is 9.61 Å². The Labute approximate surface area is 121 Å². The predicted molar refractivity (Wildman–Crippen MR) is 76.4 cm³/mol. The van der Waals surface area contributed by atoms with E-state index in [1.54, 1.807) is 12.1 Å². The Bertz CT molecular complexity index is 813. The molecule has 2 aromatic heterocycles. The first-order chi connectivity index (χ1) is 9.74. The Morgan fingerprint density at radius 3 is 2.85 bits per heavy atom. The fraction of sp³-hybridized carbons (Fsp3) is 0.0833. The minimum absolute atomic E-state index is 0.0216. The molecule has 20 heavy (non-hydrogen) atoms. The number of thioether (sulfide) groups is 1. The number of carbonyl (C=O) groups excluding carboxylic acids is 1. The molecule has 0 amide bonds. The van der Waals surface area contributed by atoms with Gasteiger partial charge in [-0.05, 0) is 0 Å². The predicted octanol–water partition coefficient (Wildman–Crippen LogP) is 1.52. The maximum Gasteiger partial charge on any atom is 0.293 e. The SMILES string of the molecule is O=C(CSc1nn2c(=O)cnnc2s1)c1ccccc1. The van der Waals surface area contributed by atoms with Crippen molar-refractivity contribution in [3.63, 3.8) is 0 Å². The molecule has 3 rings (SSSR count). The molecule has 1 aromatic carbocycles. The standard InChI is InChI=1S/C12H8N4O2S2/c17-9(8-4-2-1-3-5-8)7-19-12-15-16-10(18)6-13-14-11(16)20-12/h1-6H,7H2. The second-order valence-corrected chi connectivity index (χ2v) is 6.00. The van der Waals surface area contributed by atoms with E-state index in [9.17, 15) is 9.59 Å². The minimum Gasteiger partial charge on any atom is -0.293 e. The molecule has 2 heterocycles. The van der Waals surface area contributed by atoms with Gasteiger partial charge in [0.15, 0.2) is 10.1 Å². The molecule has 0 unspecified atom stereocenters. The van der Waals surface area contributed by atoms with Gasteiger partial charge in [-0.1, -0.05) is 53.4 Å². The van der Waals surface area contributed by atoms with Crippen LogP contribution in [0.15, 0.2) is 45.7 Å². The van der Waals surface area contributed by atoms with Crippen LogP contribution in [0.3, 0.4) is 0 Å². The van der Waals surface area contributed by atoms with Gasteiger partial charge in [0.05, 0.1) is 5.75 Å². The number of carbonyl (C=O) groups is 1. The molecule has 0 saturated heterocycles. The van der Waals surface area contributed by atoms with E-state index >= 15 is 0 Å². The molecule has 0 aliphatic heterocycles. The molecular weight excluding hydrogens is 296 g/mol. The van der Waals surface area contributed by atoms with Gasteiger partial charge in [0.2, 0.25) is 4.96 Å². The van der Waals surface area contributed by atoms with Gasteiger partial charge in [0, 0.05) is 5.56 Å². The lowest BCUT2D eigenvalue weighted by molar-refractivity contribution is 0.102. The molecule has 0 radical (unpaired) electrons. The van der Waals surface area contributed by atoms with Crippen molar-refractivity contribution < 1.29 is 4.79 Å². The molecule has 0 fully saturated rings. The van der Waals surface area contributed by atoms with Crippen LogP contribution in [0.1, 0.15) is 10.4 Å². The zero-order chi connectivity index (χ0) is 13.9. The van der Waals surface area contributed by atoms with Gasteiger partial charge in [0.25, 0.3) is 5.56 Å². The molecule has 6 nitrogen and oxygen atoms in total. The number of aromatic nitrogens is 4. The van der Waals surface area contributed by atoms with Crippen molar-refractivity contribution >= 4 is 33.8 Å². The molecule has 0 N–H and O–H groups in total. The van der Waals surface area contributed by atoms with Gasteiger partial charge < -0.3 is 0 Å². The molecule has 100 valence electrons. The Morgan fingerprint density at radius 1 is 1.30 bits per heavy atom. The maximum atomic E-state index is 12.0. The molecule has 0 atom stereocenters. The fourth-order valence-electron chi connectivity index (χ4n) is 1.55. The first kappa shape index (κ1) is 12.9. The van der Waals surface area contributed by atoms with E-state index in [2.05, 4.69) is 15.3 Å². The van der Waals surface area contributed by atoms with E-state index in [4.69, 9.17) is 0 Å². The maximum absolute atomic E-state index is 12.0. The lowest BCUT2D eigenvalue weighted by Crippen LogP contribution is -2.14. The third-order valence-electron chi connectivity index (χ3n) is 2.48. The molecule has 0 spiro atoms. The molecule has 0 bridgehead atoms. The van der Waals surface area contributed by atoms with Crippen molar-refractivity contribution in [3.05, 3.63) is 52.4 Å². The van der Waals surface area contributed by atoms with Crippen molar-refractivity contribution in [1.29, 1.82) is 0 Å². The number of nitrogens with zero attached hydrogens (tertiary/aromatic N) is 4. The highest BCUT2D eigenvalue weighted by atomic mass is 32.2. The molecule has 0 aliphatic rings. The summed E-state index contributed by atoms with van der Waals surface area (Å²) in [4.78, 5) is 23.9.